The Morgan fingerprint density at radius 2 is 1.58 bits per heavy atom. The summed E-state index contributed by atoms with van der Waals surface area (Å²) < 4.78 is 0. The van der Waals surface area contributed by atoms with Crippen molar-refractivity contribution in [1.29, 1.82) is 0 Å². The highest BCUT2D eigenvalue weighted by Gasteiger charge is 2.19. The van der Waals surface area contributed by atoms with Crippen LogP contribution in [0.2, 0.25) is 0 Å². The van der Waals surface area contributed by atoms with Crippen LogP contribution < -0.4 is 0 Å². The topological polar surface area (TPSA) is 52.9 Å². The monoisotopic (exact) mass is 256 g/mol. The van der Waals surface area contributed by atoms with Crippen molar-refractivity contribution in [3.05, 3.63) is 76.7 Å². The molecule has 0 fully saturated rings. The second kappa shape index (κ2) is 6.66. The highest BCUT2D eigenvalue weighted by Crippen LogP contribution is 2.22. The highest BCUT2D eigenvalue weighted by atomic mass is 16.3. The second-order valence-corrected chi connectivity index (χ2v) is 4.27. The molecule has 2 aromatic carbocycles. The minimum Gasteiger partial charge on any atom is -0.394 e. The van der Waals surface area contributed by atoms with Crippen molar-refractivity contribution in [3.63, 3.8) is 0 Å². The Bertz CT molecular complexity index is 502. The third kappa shape index (κ3) is 3.39. The fraction of sp³-hybridized carbons (Fsp3) is 0.200. The van der Waals surface area contributed by atoms with E-state index >= 15 is 0 Å². The molecule has 0 aliphatic heterocycles. The van der Waals surface area contributed by atoms with Gasteiger partial charge in [-0.3, -0.25) is 0 Å². The first-order valence-corrected chi connectivity index (χ1v) is 6.15. The average molecular weight is 256 g/mol. The van der Waals surface area contributed by atoms with E-state index in [1.807, 2.05) is 60.7 Å². The lowest BCUT2D eigenvalue weighted by molar-refractivity contribution is 0.118. The summed E-state index contributed by atoms with van der Waals surface area (Å²) >= 11 is 0. The molecule has 4 heteroatoms. The molecule has 0 aliphatic carbocycles. The zero-order valence-electron chi connectivity index (χ0n) is 10.5. The summed E-state index contributed by atoms with van der Waals surface area (Å²) in [5, 5.41) is 13.9. The first-order valence-electron chi connectivity index (χ1n) is 6.15. The molecule has 0 saturated carbocycles. The number of hydrogen-bond acceptors (Lipinski definition) is 3. The van der Waals surface area contributed by atoms with Gasteiger partial charge < -0.3 is 5.11 Å². The Hall–Kier alpha value is -2.20. The van der Waals surface area contributed by atoms with Crippen LogP contribution in [0.15, 0.2) is 65.9 Å². The Morgan fingerprint density at radius 1 is 1.00 bits per heavy atom. The van der Waals surface area contributed by atoms with Crippen LogP contribution in [0.3, 0.4) is 0 Å². The number of nitrogens with zero attached hydrogens (tertiary/aromatic N) is 2. The van der Waals surface area contributed by atoms with Gasteiger partial charge in [-0.25, -0.2) is 5.01 Å². The zero-order valence-corrected chi connectivity index (χ0v) is 10.5. The molecule has 19 heavy (non-hydrogen) atoms. The van der Waals surface area contributed by atoms with Crippen LogP contribution >= 0.6 is 0 Å². The first kappa shape index (κ1) is 13.2. The molecule has 0 heterocycles. The van der Waals surface area contributed by atoms with Crippen molar-refractivity contribution in [2.45, 2.75) is 12.6 Å². The summed E-state index contributed by atoms with van der Waals surface area (Å²) in [5.41, 5.74) is 1.86. The van der Waals surface area contributed by atoms with Crippen molar-refractivity contribution in [2.24, 2.45) is 5.29 Å². The van der Waals surface area contributed by atoms with Crippen LogP contribution in [-0.2, 0) is 6.54 Å². The van der Waals surface area contributed by atoms with E-state index < -0.39 is 6.04 Å². The molecular formula is C15H16N2O2. The van der Waals surface area contributed by atoms with Gasteiger partial charge in [0.2, 0.25) is 0 Å². The molecule has 4 nitrogen and oxygen atoms in total. The summed E-state index contributed by atoms with van der Waals surface area (Å²) in [6, 6.07) is 18.6. The normalized spacial score (nSPS) is 11.8. The average Bonchev–Trinajstić information content (AvgIpc) is 2.49. The van der Waals surface area contributed by atoms with Gasteiger partial charge in [-0.15, -0.1) is 4.91 Å². The van der Waals surface area contributed by atoms with Gasteiger partial charge in [0.1, 0.15) is 0 Å². The number of benzene rings is 2. The van der Waals surface area contributed by atoms with Crippen molar-refractivity contribution in [1.82, 2.24) is 5.01 Å². The van der Waals surface area contributed by atoms with E-state index in [1.54, 1.807) is 0 Å². The Labute approximate surface area is 112 Å². The molecule has 0 aromatic heterocycles. The van der Waals surface area contributed by atoms with Gasteiger partial charge in [-0.1, -0.05) is 60.7 Å². The summed E-state index contributed by atoms with van der Waals surface area (Å²) in [7, 11) is 0. The summed E-state index contributed by atoms with van der Waals surface area (Å²) in [6.07, 6.45) is 0. The van der Waals surface area contributed by atoms with Crippen molar-refractivity contribution >= 4 is 0 Å². The predicted octanol–water partition coefficient (Wildman–Crippen LogP) is 2.90. The lowest BCUT2D eigenvalue weighted by atomic mass is 10.1. The van der Waals surface area contributed by atoms with Crippen LogP contribution in [0.1, 0.15) is 17.2 Å². The molecule has 1 atom stereocenters. The highest BCUT2D eigenvalue weighted by molar-refractivity contribution is 5.20. The van der Waals surface area contributed by atoms with E-state index in [4.69, 9.17) is 0 Å². The Morgan fingerprint density at radius 3 is 2.11 bits per heavy atom. The van der Waals surface area contributed by atoms with E-state index in [9.17, 15) is 10.0 Å². The predicted molar refractivity (Wildman–Crippen MR) is 74.0 cm³/mol. The SMILES string of the molecule is O=NN(Cc1ccccc1)[C@@H](CO)c1ccccc1. The fourth-order valence-corrected chi connectivity index (χ4v) is 2.01. The number of hydrogen-bond donors (Lipinski definition) is 1. The molecular weight excluding hydrogens is 240 g/mol. The summed E-state index contributed by atoms with van der Waals surface area (Å²) in [5.74, 6) is 0. The maximum absolute atomic E-state index is 11.0. The lowest BCUT2D eigenvalue weighted by Crippen LogP contribution is -2.25. The van der Waals surface area contributed by atoms with Crippen molar-refractivity contribution in [2.75, 3.05) is 6.61 Å². The van der Waals surface area contributed by atoms with E-state index in [1.165, 1.54) is 5.01 Å². The van der Waals surface area contributed by atoms with Crippen LogP contribution in [-0.4, -0.2) is 16.7 Å². The van der Waals surface area contributed by atoms with E-state index in [0.29, 0.717) is 6.54 Å². The van der Waals surface area contributed by atoms with Crippen LogP contribution in [0.4, 0.5) is 0 Å². The van der Waals surface area contributed by atoms with Crippen LogP contribution in [0.25, 0.3) is 0 Å². The van der Waals surface area contributed by atoms with Gasteiger partial charge in [-0.05, 0) is 11.1 Å². The Kier molecular flexibility index (Phi) is 4.64. The van der Waals surface area contributed by atoms with E-state index in [2.05, 4.69) is 5.29 Å². The van der Waals surface area contributed by atoms with Gasteiger partial charge in [0.05, 0.1) is 24.5 Å². The molecule has 0 amide bonds. The van der Waals surface area contributed by atoms with E-state index in [-0.39, 0.29) is 6.61 Å². The van der Waals surface area contributed by atoms with Crippen molar-refractivity contribution < 1.29 is 5.11 Å². The molecule has 0 bridgehead atoms. The molecule has 2 rings (SSSR count). The summed E-state index contributed by atoms with van der Waals surface area (Å²) in [4.78, 5) is 11.0. The zero-order chi connectivity index (χ0) is 13.5. The molecule has 0 saturated heterocycles. The molecule has 0 spiro atoms. The Balaban J connectivity index is 2.18. The molecule has 0 radical (unpaired) electrons. The standard InChI is InChI=1S/C15H16N2O2/c18-12-15(14-9-5-2-6-10-14)17(16-19)11-13-7-3-1-4-8-13/h1-10,15,18H,11-12H2/t15-/m0/s1. The quantitative estimate of drug-likeness (QED) is 0.638. The number of aliphatic hydroxyl groups excluding tert-OH is 1. The van der Waals surface area contributed by atoms with Crippen LogP contribution in [0, 0.1) is 4.91 Å². The van der Waals surface area contributed by atoms with Gasteiger partial charge in [0, 0.05) is 0 Å². The molecule has 1 N–H and O–H groups in total. The largest absolute Gasteiger partial charge is 0.394 e. The molecule has 2 aromatic rings. The number of rotatable bonds is 6. The van der Waals surface area contributed by atoms with Crippen molar-refractivity contribution in [3.8, 4) is 0 Å². The third-order valence-corrected chi connectivity index (χ3v) is 3.01. The smallest absolute Gasteiger partial charge is 0.0986 e. The third-order valence-electron chi connectivity index (χ3n) is 3.01. The minimum absolute atomic E-state index is 0.150. The van der Waals surface area contributed by atoms with Crippen LogP contribution in [0.5, 0.6) is 0 Å². The minimum atomic E-state index is -0.418. The second-order valence-electron chi connectivity index (χ2n) is 4.27. The van der Waals surface area contributed by atoms with Gasteiger partial charge in [-0.2, -0.15) is 0 Å². The fourth-order valence-electron chi connectivity index (χ4n) is 2.01. The summed E-state index contributed by atoms with van der Waals surface area (Å²) in [6.45, 7) is 0.229. The van der Waals surface area contributed by atoms with Gasteiger partial charge in [0.15, 0.2) is 0 Å². The van der Waals surface area contributed by atoms with Gasteiger partial charge >= 0.3 is 0 Å². The van der Waals surface area contributed by atoms with E-state index in [0.717, 1.165) is 11.1 Å². The maximum atomic E-state index is 11.0. The number of aliphatic hydroxyl groups is 1. The number of nitroso groups, excluding NO2 is 1. The van der Waals surface area contributed by atoms with Gasteiger partial charge in [0.25, 0.3) is 0 Å². The molecule has 0 unspecified atom stereocenters. The lowest BCUT2D eigenvalue weighted by Gasteiger charge is -2.25. The molecule has 98 valence electrons. The maximum Gasteiger partial charge on any atom is 0.0986 e. The first-order chi connectivity index (χ1) is 9.35. The molecule has 0 aliphatic rings.